The molecule has 2 rings (SSSR count). The molecule has 0 amide bonds. The van der Waals surface area contributed by atoms with E-state index < -0.39 is 0 Å². The molecule has 96 valence electrons. The number of rotatable bonds is 5. The van der Waals surface area contributed by atoms with Crippen LogP contribution < -0.4 is 9.91 Å². The topological polar surface area (TPSA) is 70.9 Å². The van der Waals surface area contributed by atoms with Crippen LogP contribution in [0.4, 0.5) is 11.6 Å². The first kappa shape index (κ1) is 12.4. The lowest BCUT2D eigenvalue weighted by atomic mass is 10.4. The predicted molar refractivity (Wildman–Crippen MR) is 68.4 cm³/mol. The van der Waals surface area contributed by atoms with E-state index in [9.17, 15) is 4.91 Å². The second kappa shape index (κ2) is 6.06. The van der Waals surface area contributed by atoms with Crippen molar-refractivity contribution in [3.05, 3.63) is 30.0 Å². The molecular weight excluding hydrogens is 234 g/mol. The Morgan fingerprint density at radius 2 is 2.28 bits per heavy atom. The Balaban J connectivity index is 2.17. The molecule has 7 heteroatoms. The number of anilines is 2. The van der Waals surface area contributed by atoms with Crippen molar-refractivity contribution in [2.24, 2.45) is 5.29 Å². The Morgan fingerprint density at radius 3 is 2.94 bits per heavy atom. The SMILES string of the molecule is C=CCN(N=O)c1cc(N2CCOCC2)ncn1. The molecule has 1 saturated heterocycles. The quantitative estimate of drug-likeness (QED) is 0.440. The molecule has 0 aliphatic carbocycles. The highest BCUT2D eigenvalue weighted by molar-refractivity contribution is 5.50. The van der Waals surface area contributed by atoms with Crippen LogP contribution in [0.2, 0.25) is 0 Å². The second-order valence-corrected chi connectivity index (χ2v) is 3.79. The van der Waals surface area contributed by atoms with Crippen molar-refractivity contribution in [2.45, 2.75) is 0 Å². The van der Waals surface area contributed by atoms with E-state index in [0.29, 0.717) is 25.6 Å². The van der Waals surface area contributed by atoms with Crippen LogP contribution in [0, 0.1) is 4.91 Å². The lowest BCUT2D eigenvalue weighted by Crippen LogP contribution is -2.36. The summed E-state index contributed by atoms with van der Waals surface area (Å²) in [6.45, 7) is 6.83. The van der Waals surface area contributed by atoms with Gasteiger partial charge in [-0.2, -0.15) is 0 Å². The summed E-state index contributed by atoms with van der Waals surface area (Å²) in [6.07, 6.45) is 3.03. The number of aromatic nitrogens is 2. The zero-order valence-corrected chi connectivity index (χ0v) is 10.0. The first-order chi connectivity index (χ1) is 8.85. The smallest absolute Gasteiger partial charge is 0.157 e. The first-order valence-corrected chi connectivity index (χ1v) is 5.71. The molecule has 0 bridgehead atoms. The van der Waals surface area contributed by atoms with Gasteiger partial charge in [-0.1, -0.05) is 6.08 Å². The fraction of sp³-hybridized carbons (Fsp3) is 0.455. The monoisotopic (exact) mass is 249 g/mol. The van der Waals surface area contributed by atoms with E-state index in [-0.39, 0.29) is 0 Å². The summed E-state index contributed by atoms with van der Waals surface area (Å²) in [5.74, 6) is 1.25. The van der Waals surface area contributed by atoms with Crippen molar-refractivity contribution in [3.63, 3.8) is 0 Å². The maximum absolute atomic E-state index is 10.7. The third-order valence-corrected chi connectivity index (χ3v) is 2.64. The van der Waals surface area contributed by atoms with Gasteiger partial charge in [0, 0.05) is 19.2 Å². The predicted octanol–water partition coefficient (Wildman–Crippen LogP) is 0.987. The average Bonchev–Trinajstić information content (AvgIpc) is 2.46. The van der Waals surface area contributed by atoms with Crippen molar-refractivity contribution in [2.75, 3.05) is 42.8 Å². The Kier molecular flexibility index (Phi) is 4.19. The van der Waals surface area contributed by atoms with E-state index in [2.05, 4.69) is 26.7 Å². The number of hydrogen-bond donors (Lipinski definition) is 0. The molecule has 0 spiro atoms. The van der Waals surface area contributed by atoms with Crippen LogP contribution in [-0.2, 0) is 4.74 Å². The van der Waals surface area contributed by atoms with Gasteiger partial charge in [0.2, 0.25) is 0 Å². The average molecular weight is 249 g/mol. The summed E-state index contributed by atoms with van der Waals surface area (Å²) in [6, 6.07) is 1.75. The van der Waals surface area contributed by atoms with Crippen LogP contribution in [0.3, 0.4) is 0 Å². The Labute approximate surface area is 105 Å². The summed E-state index contributed by atoms with van der Waals surface area (Å²) in [4.78, 5) is 21.0. The molecule has 1 aliphatic rings. The highest BCUT2D eigenvalue weighted by Crippen LogP contribution is 2.18. The van der Waals surface area contributed by atoms with Gasteiger partial charge in [-0.05, 0) is 0 Å². The standard InChI is InChI=1S/C11H15N5O2/c1-2-3-16(14-17)11-8-10(12-9-13-11)15-4-6-18-7-5-15/h2,8-9H,1,3-7H2. The Bertz CT molecular complexity index is 420. The van der Waals surface area contributed by atoms with Crippen LogP contribution in [-0.4, -0.2) is 42.8 Å². The number of hydrogen-bond acceptors (Lipinski definition) is 6. The van der Waals surface area contributed by atoms with Crippen LogP contribution >= 0.6 is 0 Å². The van der Waals surface area contributed by atoms with Crippen molar-refractivity contribution in [1.82, 2.24) is 9.97 Å². The van der Waals surface area contributed by atoms with Crippen molar-refractivity contribution in [1.29, 1.82) is 0 Å². The molecule has 0 aromatic carbocycles. The van der Waals surface area contributed by atoms with Crippen molar-refractivity contribution >= 4 is 11.6 Å². The van der Waals surface area contributed by atoms with E-state index >= 15 is 0 Å². The number of nitroso groups, excluding NO2 is 1. The molecule has 18 heavy (non-hydrogen) atoms. The van der Waals surface area contributed by atoms with Crippen LogP contribution in [0.25, 0.3) is 0 Å². The van der Waals surface area contributed by atoms with Gasteiger partial charge in [0.25, 0.3) is 0 Å². The normalized spacial score (nSPS) is 15.2. The lowest BCUT2D eigenvalue weighted by Gasteiger charge is -2.28. The van der Waals surface area contributed by atoms with Crippen LogP contribution in [0.15, 0.2) is 30.3 Å². The molecule has 1 aromatic rings. The van der Waals surface area contributed by atoms with Gasteiger partial charge in [-0.25, -0.2) is 15.0 Å². The Hall–Kier alpha value is -2.02. The van der Waals surface area contributed by atoms with Gasteiger partial charge in [-0.15, -0.1) is 11.5 Å². The third kappa shape index (κ3) is 2.80. The second-order valence-electron chi connectivity index (χ2n) is 3.79. The van der Waals surface area contributed by atoms with Gasteiger partial charge in [0.05, 0.1) is 25.0 Å². The number of ether oxygens (including phenoxy) is 1. The molecule has 0 radical (unpaired) electrons. The highest BCUT2D eigenvalue weighted by Gasteiger charge is 2.15. The van der Waals surface area contributed by atoms with Crippen LogP contribution in [0.5, 0.6) is 0 Å². The molecule has 1 aliphatic heterocycles. The zero-order valence-electron chi connectivity index (χ0n) is 10.0. The molecule has 0 saturated carbocycles. The molecule has 2 heterocycles. The Morgan fingerprint density at radius 1 is 1.50 bits per heavy atom. The van der Waals surface area contributed by atoms with E-state index in [0.717, 1.165) is 18.9 Å². The minimum Gasteiger partial charge on any atom is -0.378 e. The molecule has 0 N–H and O–H groups in total. The minimum absolute atomic E-state index is 0.322. The maximum Gasteiger partial charge on any atom is 0.157 e. The zero-order chi connectivity index (χ0) is 12.8. The van der Waals surface area contributed by atoms with E-state index in [1.807, 2.05) is 0 Å². The van der Waals surface area contributed by atoms with E-state index in [4.69, 9.17) is 4.74 Å². The molecule has 7 nitrogen and oxygen atoms in total. The van der Waals surface area contributed by atoms with Gasteiger partial charge in [0.1, 0.15) is 12.1 Å². The van der Waals surface area contributed by atoms with E-state index in [1.165, 1.54) is 11.3 Å². The summed E-state index contributed by atoms with van der Waals surface area (Å²) in [7, 11) is 0. The van der Waals surface area contributed by atoms with Crippen LogP contribution in [0.1, 0.15) is 0 Å². The highest BCUT2D eigenvalue weighted by atomic mass is 16.5. The fourth-order valence-electron chi connectivity index (χ4n) is 1.73. The summed E-state index contributed by atoms with van der Waals surface area (Å²) in [5.41, 5.74) is 0. The molecule has 1 aromatic heterocycles. The lowest BCUT2D eigenvalue weighted by molar-refractivity contribution is 0.122. The molecule has 0 atom stereocenters. The minimum atomic E-state index is 0.322. The summed E-state index contributed by atoms with van der Waals surface area (Å²) in [5, 5.41) is 4.15. The number of morpholine rings is 1. The molecule has 1 fully saturated rings. The molecule has 0 unspecified atom stereocenters. The van der Waals surface area contributed by atoms with Crippen molar-refractivity contribution in [3.8, 4) is 0 Å². The van der Waals surface area contributed by atoms with Gasteiger partial charge in [0.15, 0.2) is 5.82 Å². The molecular formula is C11H15N5O2. The number of nitrogens with zero attached hydrogens (tertiary/aromatic N) is 5. The van der Waals surface area contributed by atoms with E-state index in [1.54, 1.807) is 12.1 Å². The largest absolute Gasteiger partial charge is 0.378 e. The maximum atomic E-state index is 10.7. The first-order valence-electron chi connectivity index (χ1n) is 5.71. The summed E-state index contributed by atoms with van der Waals surface area (Å²) >= 11 is 0. The van der Waals surface area contributed by atoms with Gasteiger partial charge >= 0.3 is 0 Å². The van der Waals surface area contributed by atoms with Gasteiger partial charge < -0.3 is 9.64 Å². The van der Waals surface area contributed by atoms with Crippen molar-refractivity contribution < 1.29 is 4.74 Å². The summed E-state index contributed by atoms with van der Waals surface area (Å²) < 4.78 is 5.28. The third-order valence-electron chi connectivity index (χ3n) is 2.64. The fourth-order valence-corrected chi connectivity index (χ4v) is 1.73. The van der Waals surface area contributed by atoms with Gasteiger partial charge in [-0.3, -0.25) is 0 Å².